The van der Waals surface area contributed by atoms with Crippen LogP contribution in [0.1, 0.15) is 16.1 Å². The lowest BCUT2D eigenvalue weighted by Crippen LogP contribution is -2.15. The molecule has 0 saturated heterocycles. The Labute approximate surface area is 157 Å². The standard InChI is InChI=1S/C17H13F3N4O3S/c1-28(26,27)15-9-5-3-7-12(15)21-16(25)13-10-24(23-22-13)14-8-4-2-6-11(14)17(18,19)20/h2-10H,1H3,(H,21,25). The van der Waals surface area contributed by atoms with Crippen LogP contribution in [-0.2, 0) is 16.0 Å². The second-order valence-electron chi connectivity index (χ2n) is 5.79. The van der Waals surface area contributed by atoms with Gasteiger partial charge in [-0.25, -0.2) is 13.1 Å². The van der Waals surface area contributed by atoms with E-state index in [1.54, 1.807) is 0 Å². The first-order chi connectivity index (χ1) is 13.1. The molecule has 7 nitrogen and oxygen atoms in total. The Bertz CT molecular complexity index is 1140. The highest BCUT2D eigenvalue weighted by Gasteiger charge is 2.34. The van der Waals surface area contributed by atoms with Crippen molar-refractivity contribution in [2.75, 3.05) is 11.6 Å². The third-order valence-corrected chi connectivity index (χ3v) is 4.87. The third kappa shape index (κ3) is 4.03. The average molecular weight is 410 g/mol. The predicted molar refractivity (Wildman–Crippen MR) is 93.9 cm³/mol. The van der Waals surface area contributed by atoms with Crippen LogP contribution < -0.4 is 5.32 Å². The van der Waals surface area contributed by atoms with Crippen LogP contribution in [0, 0.1) is 0 Å². The van der Waals surface area contributed by atoms with E-state index >= 15 is 0 Å². The van der Waals surface area contributed by atoms with Gasteiger partial charge in [-0.3, -0.25) is 4.79 Å². The molecule has 1 heterocycles. The normalized spacial score (nSPS) is 12.0. The molecule has 0 aliphatic carbocycles. The van der Waals surface area contributed by atoms with Crippen molar-refractivity contribution in [3.05, 3.63) is 66.0 Å². The molecule has 0 saturated carbocycles. The fraction of sp³-hybridized carbons (Fsp3) is 0.118. The number of hydrogen-bond donors (Lipinski definition) is 1. The summed E-state index contributed by atoms with van der Waals surface area (Å²) in [6.07, 6.45) is -2.59. The second-order valence-corrected chi connectivity index (χ2v) is 7.77. The molecule has 146 valence electrons. The van der Waals surface area contributed by atoms with Gasteiger partial charge in [0.2, 0.25) is 0 Å². The number of carbonyl (C=O) groups excluding carboxylic acids is 1. The molecule has 0 bridgehead atoms. The number of anilines is 1. The first kappa shape index (κ1) is 19.5. The van der Waals surface area contributed by atoms with Crippen molar-refractivity contribution in [2.45, 2.75) is 11.1 Å². The van der Waals surface area contributed by atoms with Crippen molar-refractivity contribution in [2.24, 2.45) is 0 Å². The van der Waals surface area contributed by atoms with Crippen molar-refractivity contribution in [3.8, 4) is 5.69 Å². The number of hydrogen-bond acceptors (Lipinski definition) is 5. The molecule has 0 unspecified atom stereocenters. The lowest BCUT2D eigenvalue weighted by Gasteiger charge is -2.11. The number of nitrogens with one attached hydrogen (secondary N) is 1. The van der Waals surface area contributed by atoms with Gasteiger partial charge in [0.15, 0.2) is 15.5 Å². The minimum Gasteiger partial charge on any atom is -0.319 e. The largest absolute Gasteiger partial charge is 0.418 e. The van der Waals surface area contributed by atoms with E-state index < -0.39 is 27.5 Å². The van der Waals surface area contributed by atoms with Gasteiger partial charge in [-0.2, -0.15) is 13.2 Å². The molecular weight excluding hydrogens is 397 g/mol. The number of benzene rings is 2. The number of rotatable bonds is 4. The monoisotopic (exact) mass is 410 g/mol. The Morgan fingerprint density at radius 3 is 2.39 bits per heavy atom. The number of aromatic nitrogens is 3. The summed E-state index contributed by atoms with van der Waals surface area (Å²) in [6.45, 7) is 0. The molecule has 2 aromatic carbocycles. The molecule has 0 radical (unpaired) electrons. The molecule has 1 amide bonds. The molecule has 0 aliphatic rings. The molecule has 3 aromatic rings. The van der Waals surface area contributed by atoms with Crippen LogP contribution >= 0.6 is 0 Å². The number of halogens is 3. The average Bonchev–Trinajstić information content (AvgIpc) is 3.11. The highest BCUT2D eigenvalue weighted by molar-refractivity contribution is 7.90. The molecule has 0 fully saturated rings. The summed E-state index contributed by atoms with van der Waals surface area (Å²) in [4.78, 5) is 12.3. The zero-order chi connectivity index (χ0) is 20.5. The Morgan fingerprint density at radius 2 is 1.71 bits per heavy atom. The van der Waals surface area contributed by atoms with Gasteiger partial charge in [0, 0.05) is 6.26 Å². The molecule has 1 N–H and O–H groups in total. The summed E-state index contributed by atoms with van der Waals surface area (Å²) in [5.74, 6) is -0.813. The van der Waals surface area contributed by atoms with Crippen molar-refractivity contribution in [1.29, 1.82) is 0 Å². The molecule has 0 spiro atoms. The van der Waals surface area contributed by atoms with Gasteiger partial charge < -0.3 is 5.32 Å². The zero-order valence-electron chi connectivity index (χ0n) is 14.3. The second kappa shape index (κ2) is 7.08. The van der Waals surface area contributed by atoms with Crippen LogP contribution in [0.5, 0.6) is 0 Å². The third-order valence-electron chi connectivity index (χ3n) is 3.72. The Kier molecular flexibility index (Phi) is 4.94. The number of sulfone groups is 1. The van der Waals surface area contributed by atoms with Crippen molar-refractivity contribution in [3.63, 3.8) is 0 Å². The summed E-state index contributed by atoms with van der Waals surface area (Å²) in [6, 6.07) is 10.4. The lowest BCUT2D eigenvalue weighted by atomic mass is 10.1. The molecule has 3 rings (SSSR count). The van der Waals surface area contributed by atoms with E-state index in [1.165, 1.54) is 42.5 Å². The van der Waals surface area contributed by atoms with Crippen LogP contribution in [0.2, 0.25) is 0 Å². The zero-order valence-corrected chi connectivity index (χ0v) is 15.1. The number of carbonyl (C=O) groups is 1. The summed E-state index contributed by atoms with van der Waals surface area (Å²) < 4.78 is 63.9. The van der Waals surface area contributed by atoms with Gasteiger partial charge in [0.1, 0.15) is 0 Å². The maximum atomic E-state index is 13.1. The predicted octanol–water partition coefficient (Wildman–Crippen LogP) is 2.94. The van der Waals surface area contributed by atoms with Gasteiger partial charge in [-0.15, -0.1) is 5.10 Å². The van der Waals surface area contributed by atoms with Crippen molar-refractivity contribution < 1.29 is 26.4 Å². The van der Waals surface area contributed by atoms with E-state index in [0.717, 1.165) is 23.2 Å². The van der Waals surface area contributed by atoms with Crippen LogP contribution in [0.15, 0.2) is 59.6 Å². The molecular formula is C17H13F3N4O3S. The SMILES string of the molecule is CS(=O)(=O)c1ccccc1NC(=O)c1cn(-c2ccccc2C(F)(F)F)nn1. The van der Waals surface area contributed by atoms with Gasteiger partial charge in [0.25, 0.3) is 5.91 Å². The molecule has 1 aromatic heterocycles. The highest BCUT2D eigenvalue weighted by atomic mass is 32.2. The minimum absolute atomic E-state index is 0.0280. The summed E-state index contributed by atoms with van der Waals surface area (Å²) in [7, 11) is -3.60. The number of para-hydroxylation sites is 2. The van der Waals surface area contributed by atoms with E-state index in [-0.39, 0.29) is 22.0 Å². The number of amides is 1. The molecule has 0 atom stereocenters. The highest BCUT2D eigenvalue weighted by Crippen LogP contribution is 2.33. The van der Waals surface area contributed by atoms with E-state index in [4.69, 9.17) is 0 Å². The Balaban J connectivity index is 1.92. The number of alkyl halides is 3. The van der Waals surface area contributed by atoms with Crippen LogP contribution in [-0.4, -0.2) is 35.6 Å². The lowest BCUT2D eigenvalue weighted by molar-refractivity contribution is -0.137. The summed E-state index contributed by atoms with van der Waals surface area (Å²) in [5.41, 5.74) is -1.48. The van der Waals surface area contributed by atoms with Crippen molar-refractivity contribution >= 4 is 21.4 Å². The molecule has 11 heteroatoms. The Morgan fingerprint density at radius 1 is 1.07 bits per heavy atom. The van der Waals surface area contributed by atoms with E-state index in [9.17, 15) is 26.4 Å². The number of nitrogens with zero attached hydrogens (tertiary/aromatic N) is 3. The quantitative estimate of drug-likeness (QED) is 0.714. The van der Waals surface area contributed by atoms with Gasteiger partial charge >= 0.3 is 6.18 Å². The van der Waals surface area contributed by atoms with Gasteiger partial charge in [-0.1, -0.05) is 29.5 Å². The fourth-order valence-electron chi connectivity index (χ4n) is 2.48. The van der Waals surface area contributed by atoms with Gasteiger partial charge in [-0.05, 0) is 24.3 Å². The summed E-state index contributed by atoms with van der Waals surface area (Å²) >= 11 is 0. The smallest absolute Gasteiger partial charge is 0.319 e. The molecule has 0 aliphatic heterocycles. The topological polar surface area (TPSA) is 94.0 Å². The minimum atomic E-state index is -4.61. The summed E-state index contributed by atoms with van der Waals surface area (Å²) in [5, 5.41) is 9.56. The van der Waals surface area contributed by atoms with Crippen LogP contribution in [0.25, 0.3) is 5.69 Å². The Hall–Kier alpha value is -3.21. The molecule has 28 heavy (non-hydrogen) atoms. The van der Waals surface area contributed by atoms with Crippen molar-refractivity contribution in [1.82, 2.24) is 15.0 Å². The van der Waals surface area contributed by atoms with E-state index in [0.29, 0.717) is 0 Å². The fourth-order valence-corrected chi connectivity index (χ4v) is 3.32. The van der Waals surface area contributed by atoms with E-state index in [1.807, 2.05) is 0 Å². The van der Waals surface area contributed by atoms with Gasteiger partial charge in [0.05, 0.1) is 28.0 Å². The maximum absolute atomic E-state index is 13.1. The maximum Gasteiger partial charge on any atom is 0.418 e. The van der Waals surface area contributed by atoms with E-state index in [2.05, 4.69) is 15.6 Å². The van der Waals surface area contributed by atoms with Crippen LogP contribution in [0.4, 0.5) is 18.9 Å². The first-order valence-electron chi connectivity index (χ1n) is 7.77. The first-order valence-corrected chi connectivity index (χ1v) is 9.66. The van der Waals surface area contributed by atoms with Crippen LogP contribution in [0.3, 0.4) is 0 Å².